The number of nitro benzene ring substituents is 1. The number of fused-ring (bicyclic) bond motifs is 1. The molecule has 11 heteroatoms. The summed E-state index contributed by atoms with van der Waals surface area (Å²) in [4.78, 5) is 27.9. The molecular weight excluding hydrogens is 461 g/mol. The first-order valence-electron chi connectivity index (χ1n) is 9.57. The zero-order chi connectivity index (χ0) is 23.9. The van der Waals surface area contributed by atoms with Crippen molar-refractivity contribution >= 4 is 28.8 Å². The summed E-state index contributed by atoms with van der Waals surface area (Å²) < 4.78 is 44.9. The maximum Gasteiger partial charge on any atom is 0.416 e. The Bertz CT molecular complexity index is 1350. The van der Waals surface area contributed by atoms with Crippen molar-refractivity contribution in [2.24, 2.45) is 4.99 Å². The monoisotopic (exact) mass is 476 g/mol. The molecule has 2 aromatic carbocycles. The summed E-state index contributed by atoms with van der Waals surface area (Å²) >= 11 is 1.17. The van der Waals surface area contributed by atoms with Gasteiger partial charge >= 0.3 is 11.8 Å². The van der Waals surface area contributed by atoms with Crippen LogP contribution in [0.3, 0.4) is 0 Å². The van der Waals surface area contributed by atoms with Gasteiger partial charge in [-0.15, -0.1) is 11.8 Å². The number of nitro groups is 1. The molecule has 33 heavy (non-hydrogen) atoms. The highest BCUT2D eigenvalue weighted by Gasteiger charge is 2.33. The van der Waals surface area contributed by atoms with Crippen LogP contribution in [0, 0.1) is 17.0 Å². The van der Waals surface area contributed by atoms with Crippen molar-refractivity contribution in [3.63, 3.8) is 0 Å². The van der Waals surface area contributed by atoms with Crippen LogP contribution in [0.25, 0.3) is 0 Å². The molecule has 4 rings (SSSR count). The van der Waals surface area contributed by atoms with Crippen LogP contribution in [0.15, 0.2) is 67.6 Å². The van der Waals surface area contributed by atoms with Crippen LogP contribution in [0.2, 0.25) is 0 Å². The maximum absolute atomic E-state index is 13.3. The van der Waals surface area contributed by atoms with Crippen molar-refractivity contribution in [3.05, 3.63) is 91.5 Å². The number of halogens is 3. The molecule has 7 nitrogen and oxygen atoms in total. The number of thioether (sulfide) groups is 1. The SMILES string of the molecule is Cc1cc(O)c(C2=Nc3cc(C(F)(F)F)ccc3S[C@H](c3cccc([N+](=O)[O-])c3)C2)c(=O)o1. The van der Waals surface area contributed by atoms with E-state index >= 15 is 0 Å². The molecule has 1 aromatic heterocycles. The first kappa shape index (κ1) is 22.6. The van der Waals surface area contributed by atoms with Gasteiger partial charge in [0.15, 0.2) is 0 Å². The third-order valence-electron chi connectivity index (χ3n) is 4.98. The summed E-state index contributed by atoms with van der Waals surface area (Å²) in [6, 6.07) is 10.1. The molecule has 2 heterocycles. The smallest absolute Gasteiger partial charge is 0.416 e. The molecule has 0 radical (unpaired) electrons. The first-order valence-corrected chi connectivity index (χ1v) is 10.4. The van der Waals surface area contributed by atoms with E-state index in [1.165, 1.54) is 49.0 Å². The van der Waals surface area contributed by atoms with Crippen LogP contribution < -0.4 is 5.63 Å². The van der Waals surface area contributed by atoms with E-state index in [4.69, 9.17) is 4.42 Å². The zero-order valence-electron chi connectivity index (χ0n) is 16.9. The first-order chi connectivity index (χ1) is 15.5. The summed E-state index contributed by atoms with van der Waals surface area (Å²) in [7, 11) is 0. The molecule has 170 valence electrons. The van der Waals surface area contributed by atoms with Gasteiger partial charge in [-0.05, 0) is 30.7 Å². The second kappa shape index (κ2) is 8.39. The Balaban J connectivity index is 1.91. The van der Waals surface area contributed by atoms with Crippen LogP contribution in [-0.2, 0) is 6.18 Å². The molecule has 0 amide bonds. The number of rotatable bonds is 3. The quantitative estimate of drug-likeness (QED) is 0.371. The second-order valence-electron chi connectivity index (χ2n) is 7.31. The minimum Gasteiger partial charge on any atom is -0.507 e. The number of aliphatic imine (C=N–C) groups is 1. The molecule has 0 fully saturated rings. The Morgan fingerprint density at radius 3 is 2.64 bits per heavy atom. The lowest BCUT2D eigenvalue weighted by molar-refractivity contribution is -0.384. The van der Waals surface area contributed by atoms with E-state index in [2.05, 4.69) is 4.99 Å². The highest BCUT2D eigenvalue weighted by atomic mass is 32.2. The van der Waals surface area contributed by atoms with Crippen molar-refractivity contribution in [2.75, 3.05) is 0 Å². The van der Waals surface area contributed by atoms with Crippen LogP contribution in [0.5, 0.6) is 5.75 Å². The molecule has 0 saturated heterocycles. The number of aromatic hydroxyl groups is 1. The van der Waals surface area contributed by atoms with E-state index in [0.717, 1.165) is 12.1 Å². The van der Waals surface area contributed by atoms with Gasteiger partial charge in [-0.2, -0.15) is 13.2 Å². The summed E-state index contributed by atoms with van der Waals surface area (Å²) in [5.74, 6) is -0.263. The van der Waals surface area contributed by atoms with Crippen molar-refractivity contribution in [1.82, 2.24) is 0 Å². The molecule has 0 bridgehead atoms. The molecule has 1 atom stereocenters. The van der Waals surface area contributed by atoms with Crippen molar-refractivity contribution in [3.8, 4) is 5.75 Å². The normalized spacial score (nSPS) is 16.0. The molecular formula is C22H15F3N2O5S. The second-order valence-corrected chi connectivity index (χ2v) is 8.55. The Labute approximate surface area is 188 Å². The van der Waals surface area contributed by atoms with Gasteiger partial charge < -0.3 is 9.52 Å². The third kappa shape index (κ3) is 4.63. The van der Waals surface area contributed by atoms with Crippen LogP contribution in [-0.4, -0.2) is 15.7 Å². The van der Waals surface area contributed by atoms with Gasteiger partial charge in [0.1, 0.15) is 17.1 Å². The fourth-order valence-electron chi connectivity index (χ4n) is 3.49. The van der Waals surface area contributed by atoms with E-state index in [1.807, 2.05) is 0 Å². The van der Waals surface area contributed by atoms with Crippen molar-refractivity contribution < 1.29 is 27.6 Å². The highest BCUT2D eigenvalue weighted by Crippen LogP contribution is 2.47. The van der Waals surface area contributed by atoms with E-state index < -0.39 is 33.3 Å². The van der Waals surface area contributed by atoms with Gasteiger partial charge in [0.2, 0.25) is 0 Å². The van der Waals surface area contributed by atoms with Crippen LogP contribution >= 0.6 is 11.8 Å². The van der Waals surface area contributed by atoms with Gasteiger partial charge in [-0.25, -0.2) is 4.79 Å². The number of benzene rings is 2. The van der Waals surface area contributed by atoms with Gasteiger partial charge in [0.05, 0.1) is 21.9 Å². The number of hydrogen-bond acceptors (Lipinski definition) is 7. The highest BCUT2D eigenvalue weighted by molar-refractivity contribution is 7.99. The summed E-state index contributed by atoms with van der Waals surface area (Å²) in [5.41, 5.74) is -1.71. The molecule has 1 aliphatic rings. The standard InChI is InChI=1S/C22H15F3N2O5S/c1-11-7-17(28)20(21(29)32-11)16-10-19(12-3-2-4-14(8-12)27(30)31)33-18-6-5-13(22(23,24)25)9-15(18)26-16/h2-9,19,28H,10H2,1H3/t19-/m0/s1. The predicted molar refractivity (Wildman–Crippen MR) is 115 cm³/mol. The zero-order valence-corrected chi connectivity index (χ0v) is 17.7. The maximum atomic E-state index is 13.3. The summed E-state index contributed by atoms with van der Waals surface area (Å²) in [5, 5.41) is 21.1. The largest absolute Gasteiger partial charge is 0.507 e. The van der Waals surface area contributed by atoms with E-state index in [-0.39, 0.29) is 34.8 Å². The lowest BCUT2D eigenvalue weighted by Crippen LogP contribution is -2.17. The van der Waals surface area contributed by atoms with Gasteiger partial charge in [0.25, 0.3) is 5.69 Å². The van der Waals surface area contributed by atoms with Crippen molar-refractivity contribution in [2.45, 2.75) is 29.7 Å². The van der Waals surface area contributed by atoms with Gasteiger partial charge in [0, 0.05) is 34.8 Å². The van der Waals surface area contributed by atoms with Gasteiger partial charge in [-0.3, -0.25) is 15.1 Å². The Morgan fingerprint density at radius 2 is 1.97 bits per heavy atom. The van der Waals surface area contributed by atoms with Crippen molar-refractivity contribution in [1.29, 1.82) is 0 Å². The minimum atomic E-state index is -4.61. The summed E-state index contributed by atoms with van der Waals surface area (Å²) in [6.07, 6.45) is -4.60. The average Bonchev–Trinajstić information content (AvgIpc) is 2.91. The van der Waals surface area contributed by atoms with E-state index in [1.54, 1.807) is 6.07 Å². The number of alkyl halides is 3. The molecule has 0 saturated carbocycles. The number of hydrogen-bond donors (Lipinski definition) is 1. The molecule has 0 spiro atoms. The number of aryl methyl sites for hydroxylation is 1. The molecule has 1 aliphatic heterocycles. The lowest BCUT2D eigenvalue weighted by atomic mass is 10.0. The van der Waals surface area contributed by atoms with Crippen LogP contribution in [0.1, 0.15) is 34.1 Å². The summed E-state index contributed by atoms with van der Waals surface area (Å²) in [6.45, 7) is 1.46. The Hall–Kier alpha value is -3.60. The minimum absolute atomic E-state index is 0.00322. The molecule has 1 N–H and O–H groups in total. The Kier molecular flexibility index (Phi) is 5.75. The predicted octanol–water partition coefficient (Wildman–Crippen LogP) is 5.94. The fourth-order valence-corrected chi connectivity index (χ4v) is 4.69. The molecule has 3 aromatic rings. The average molecular weight is 476 g/mol. The lowest BCUT2D eigenvalue weighted by Gasteiger charge is -2.16. The Morgan fingerprint density at radius 1 is 1.21 bits per heavy atom. The molecule has 0 aliphatic carbocycles. The third-order valence-corrected chi connectivity index (χ3v) is 6.31. The topological polar surface area (TPSA) is 106 Å². The van der Waals surface area contributed by atoms with E-state index in [9.17, 15) is 33.2 Å². The van der Waals surface area contributed by atoms with E-state index in [0.29, 0.717) is 10.5 Å². The number of nitrogens with zero attached hydrogens (tertiary/aromatic N) is 2. The van der Waals surface area contributed by atoms with Gasteiger partial charge in [-0.1, -0.05) is 12.1 Å². The fraction of sp³-hybridized carbons (Fsp3) is 0.182. The number of non-ortho nitro benzene ring substituents is 1. The molecule has 0 unspecified atom stereocenters. The van der Waals surface area contributed by atoms with Crippen LogP contribution in [0.4, 0.5) is 24.5 Å².